The van der Waals surface area contributed by atoms with Crippen molar-refractivity contribution in [1.29, 1.82) is 0 Å². The Morgan fingerprint density at radius 1 is 0.712 bits per heavy atom. The highest BCUT2D eigenvalue weighted by atomic mass is 32.2. The van der Waals surface area contributed by atoms with Crippen LogP contribution in [0, 0.1) is 0 Å². The molecule has 0 radical (unpaired) electrons. The summed E-state index contributed by atoms with van der Waals surface area (Å²) in [5.74, 6) is -10.9. The Morgan fingerprint density at radius 3 is 1.78 bits per heavy atom. The van der Waals surface area contributed by atoms with E-state index in [1.54, 1.807) is 13.8 Å². The molecule has 3 fully saturated rings. The van der Waals surface area contributed by atoms with E-state index in [9.17, 15) is 28.8 Å². The second-order valence-corrected chi connectivity index (χ2v) is 24.9. The summed E-state index contributed by atoms with van der Waals surface area (Å²) in [5.41, 5.74) is -1.09. The number of carbonyl (C=O) groups is 7. The van der Waals surface area contributed by atoms with Gasteiger partial charge in [-0.3, -0.25) is 28.8 Å². The average Bonchev–Trinajstić information content (AvgIpc) is 3.64. The molecule has 3 aromatic carbocycles. The van der Waals surface area contributed by atoms with Crippen molar-refractivity contribution in [2.24, 2.45) is 0 Å². The zero-order chi connectivity index (χ0) is 53.5. The van der Waals surface area contributed by atoms with E-state index >= 15 is 4.79 Å². The van der Waals surface area contributed by atoms with Crippen molar-refractivity contribution in [3.63, 3.8) is 0 Å². The molecule has 19 nitrogen and oxygen atoms in total. The molecule has 0 unspecified atom stereocenters. The maximum absolute atomic E-state index is 15.5. The van der Waals surface area contributed by atoms with Crippen molar-refractivity contribution in [3.05, 3.63) is 91.0 Å². The lowest BCUT2D eigenvalue weighted by Crippen LogP contribution is -2.70. The molecule has 0 saturated carbocycles. The molecule has 3 saturated heterocycles. The minimum atomic E-state index is -3.17. The van der Waals surface area contributed by atoms with Gasteiger partial charge in [-0.2, -0.15) is 0 Å². The number of hydrogen-bond donors (Lipinski definition) is 1. The number of thioether (sulfide) groups is 1. The summed E-state index contributed by atoms with van der Waals surface area (Å²) in [4.78, 5) is 92.7. The molecule has 396 valence electrons. The van der Waals surface area contributed by atoms with Gasteiger partial charge >= 0.3 is 41.6 Å². The molecule has 0 bridgehead atoms. The molecule has 3 aromatic rings. The highest BCUT2D eigenvalue weighted by molar-refractivity contribution is 7.99. The quantitative estimate of drug-likeness (QED) is 0.105. The maximum atomic E-state index is 15.5. The van der Waals surface area contributed by atoms with Gasteiger partial charge < -0.3 is 57.1 Å². The standard InChI is InChI=1S/C52H65NO18SSi/c1-30(54)53-42-39(63-32(3)56)27-52(68-35(6)59,71-45(42)43(65-34(5)58)40(64-33(4)57)28-61-31(2)55)49(60)67-47-46-44(69-51(10,11)70-46)41(66-48(47)72-36-21-15-12-16-22-36)29-62-73(50(7,8)9,37-23-17-13-18-24-37)38-25-19-14-20-26-38/h12-26,39-48H,27-29H2,1-11H3,(H,53,54)/t39-,40+,41+,42+,43+,44-,45+,46-,47+,48-,52-/m0/s1. The Bertz CT molecular complexity index is 2400. The Kier molecular flexibility index (Phi) is 18.4. The number of rotatable bonds is 18. The first kappa shape index (κ1) is 56.6. The van der Waals surface area contributed by atoms with Crippen molar-refractivity contribution >= 4 is 72.2 Å². The maximum Gasteiger partial charge on any atom is 0.380 e. The number of benzene rings is 3. The van der Waals surface area contributed by atoms with E-state index in [-0.39, 0.29) is 6.61 Å². The van der Waals surface area contributed by atoms with Crippen LogP contribution in [0.1, 0.15) is 82.6 Å². The predicted octanol–water partition coefficient (Wildman–Crippen LogP) is 4.42. The third-order valence-electron chi connectivity index (χ3n) is 12.2. The van der Waals surface area contributed by atoms with Crippen molar-refractivity contribution in [3.8, 4) is 0 Å². The predicted molar refractivity (Wildman–Crippen MR) is 263 cm³/mol. The van der Waals surface area contributed by atoms with Gasteiger partial charge in [0.05, 0.1) is 19.1 Å². The Labute approximate surface area is 429 Å². The van der Waals surface area contributed by atoms with Gasteiger partial charge in [-0.05, 0) is 41.4 Å². The normalized spacial score (nSPS) is 26.4. The summed E-state index contributed by atoms with van der Waals surface area (Å²) >= 11 is 1.21. The fourth-order valence-corrected chi connectivity index (χ4v) is 15.3. The van der Waals surface area contributed by atoms with E-state index in [1.165, 1.54) is 11.8 Å². The molecule has 3 heterocycles. The second kappa shape index (κ2) is 23.7. The van der Waals surface area contributed by atoms with Gasteiger partial charge in [-0.1, -0.05) is 111 Å². The van der Waals surface area contributed by atoms with E-state index < -0.39 is 140 Å². The zero-order valence-corrected chi connectivity index (χ0v) is 44.6. The molecular formula is C52H65NO18SSi. The molecule has 3 aliphatic heterocycles. The SMILES string of the molecule is CC(=O)N[C@H]1[C@H]([C@H](OC(C)=O)[C@@H](COC(C)=O)OC(C)=O)O[C@](OC(C)=O)(C(=O)O[C@@H]2[C@H]3OC(C)(C)O[C@H]3[C@@H](CO[Si](c3ccccc3)(c3ccccc3)C(C)(C)C)O[C@H]2Sc2ccccc2)C[C@@H]1OC(C)=O. The third-order valence-corrected chi connectivity index (χ3v) is 18.3. The van der Waals surface area contributed by atoms with Crippen LogP contribution in [0.4, 0.5) is 0 Å². The molecule has 73 heavy (non-hydrogen) atoms. The lowest BCUT2D eigenvalue weighted by molar-refractivity contribution is -0.309. The topological polar surface area (TPSA) is 233 Å². The van der Waals surface area contributed by atoms with Crippen LogP contribution in [0.15, 0.2) is 95.9 Å². The third kappa shape index (κ3) is 13.7. The number of ether oxygens (including phenoxy) is 10. The Morgan fingerprint density at radius 2 is 1.27 bits per heavy atom. The average molecular weight is 1050 g/mol. The smallest absolute Gasteiger partial charge is 0.380 e. The van der Waals surface area contributed by atoms with Crippen molar-refractivity contribution in [1.82, 2.24) is 5.32 Å². The molecule has 1 amide bonds. The van der Waals surface area contributed by atoms with Gasteiger partial charge in [0.25, 0.3) is 8.32 Å². The molecule has 11 atom stereocenters. The number of nitrogens with one attached hydrogen (secondary N) is 1. The lowest BCUT2D eigenvalue weighted by atomic mass is 9.87. The van der Waals surface area contributed by atoms with Crippen LogP contribution >= 0.6 is 11.8 Å². The molecular weight excluding hydrogens is 987 g/mol. The summed E-state index contributed by atoms with van der Waals surface area (Å²) in [5, 5.41) is 4.26. The minimum absolute atomic E-state index is 0.00552. The van der Waals surface area contributed by atoms with Gasteiger partial charge in [0, 0.05) is 46.4 Å². The van der Waals surface area contributed by atoms with Crippen molar-refractivity contribution in [2.45, 2.75) is 164 Å². The van der Waals surface area contributed by atoms with Crippen LogP contribution in [0.5, 0.6) is 0 Å². The van der Waals surface area contributed by atoms with Gasteiger partial charge in [0.2, 0.25) is 5.91 Å². The highest BCUT2D eigenvalue weighted by Gasteiger charge is 2.64. The van der Waals surface area contributed by atoms with Gasteiger partial charge in [0.15, 0.2) is 24.1 Å². The number of carbonyl (C=O) groups excluding carboxylic acids is 7. The first-order valence-electron chi connectivity index (χ1n) is 23.8. The Hall–Kier alpha value is -5.68. The van der Waals surface area contributed by atoms with Crippen LogP contribution < -0.4 is 15.7 Å². The van der Waals surface area contributed by atoms with Crippen LogP contribution in [0.25, 0.3) is 0 Å². The van der Waals surface area contributed by atoms with Gasteiger partial charge in [-0.15, -0.1) is 0 Å². The Balaban J connectivity index is 1.46. The van der Waals surface area contributed by atoms with Crippen LogP contribution in [0.2, 0.25) is 5.04 Å². The molecule has 0 spiro atoms. The molecule has 0 aromatic heterocycles. The number of fused-ring (bicyclic) bond motifs is 1. The second-order valence-electron chi connectivity index (χ2n) is 19.4. The summed E-state index contributed by atoms with van der Waals surface area (Å²) in [6.45, 7) is 15.4. The summed E-state index contributed by atoms with van der Waals surface area (Å²) < 4.78 is 68.5. The molecule has 0 aliphatic carbocycles. The summed E-state index contributed by atoms with van der Waals surface area (Å²) in [7, 11) is -3.17. The van der Waals surface area contributed by atoms with Crippen molar-refractivity contribution in [2.75, 3.05) is 13.2 Å². The van der Waals surface area contributed by atoms with E-state index in [0.29, 0.717) is 4.90 Å². The summed E-state index contributed by atoms with van der Waals surface area (Å²) in [6.07, 6.45) is -12.1. The fraction of sp³-hybridized carbons (Fsp3) is 0.519. The van der Waals surface area contributed by atoms with Crippen LogP contribution in [-0.4, -0.2) is 135 Å². The summed E-state index contributed by atoms with van der Waals surface area (Å²) in [6, 6.07) is 27.8. The monoisotopic (exact) mass is 1050 g/mol. The minimum Gasteiger partial charge on any atom is -0.462 e. The first-order valence-corrected chi connectivity index (χ1v) is 26.6. The van der Waals surface area contributed by atoms with E-state index in [4.69, 9.17) is 51.8 Å². The van der Waals surface area contributed by atoms with Crippen molar-refractivity contribution < 1.29 is 85.4 Å². The molecule has 1 N–H and O–H groups in total. The molecule has 6 rings (SSSR count). The lowest BCUT2D eigenvalue weighted by Gasteiger charge is -2.49. The van der Waals surface area contributed by atoms with Crippen LogP contribution in [-0.2, 0) is 85.4 Å². The largest absolute Gasteiger partial charge is 0.462 e. The molecule has 21 heteroatoms. The van der Waals surface area contributed by atoms with E-state index in [2.05, 4.69) is 50.4 Å². The van der Waals surface area contributed by atoms with E-state index in [1.807, 2.05) is 66.7 Å². The molecule has 3 aliphatic rings. The zero-order valence-electron chi connectivity index (χ0n) is 42.8. The fourth-order valence-electron chi connectivity index (χ4n) is 9.59. The van der Waals surface area contributed by atoms with Gasteiger partial charge in [0.1, 0.15) is 42.6 Å². The number of amides is 1. The number of esters is 6. The van der Waals surface area contributed by atoms with Crippen LogP contribution in [0.3, 0.4) is 0 Å². The van der Waals surface area contributed by atoms with Gasteiger partial charge in [-0.25, -0.2) is 4.79 Å². The highest BCUT2D eigenvalue weighted by Crippen LogP contribution is 2.46. The van der Waals surface area contributed by atoms with E-state index in [0.717, 1.165) is 51.9 Å². The number of hydrogen-bond acceptors (Lipinski definition) is 19. The first-order chi connectivity index (χ1) is 34.3.